The summed E-state index contributed by atoms with van der Waals surface area (Å²) in [7, 11) is 3.05. The lowest BCUT2D eigenvalue weighted by Crippen LogP contribution is -2.31. The van der Waals surface area contributed by atoms with Crippen molar-refractivity contribution in [3.8, 4) is 0 Å². The highest BCUT2D eigenvalue weighted by Crippen LogP contribution is 2.42. The lowest BCUT2D eigenvalue weighted by atomic mass is 10.1. The molecule has 0 bridgehead atoms. The van der Waals surface area contributed by atoms with E-state index in [-0.39, 0.29) is 36.6 Å². The highest BCUT2D eigenvalue weighted by atomic mass is 127. The Morgan fingerprint density at radius 3 is 1.74 bits per heavy atom. The van der Waals surface area contributed by atoms with Gasteiger partial charge in [0.15, 0.2) is 0 Å². The second-order valence-corrected chi connectivity index (χ2v) is 8.83. The number of aliphatic carboxylic acids is 1. The van der Waals surface area contributed by atoms with Crippen LogP contribution >= 0.6 is 67.8 Å². The summed E-state index contributed by atoms with van der Waals surface area (Å²) in [5, 5.41) is 18.4. The van der Waals surface area contributed by atoms with Gasteiger partial charge in [-0.1, -0.05) is 0 Å². The average molecular weight is 714 g/mol. The number of carboxylic acids is 2. The number of carboxylic acid groups (broad SMARTS) is 2. The van der Waals surface area contributed by atoms with Crippen molar-refractivity contribution in [1.29, 1.82) is 0 Å². The predicted molar refractivity (Wildman–Crippen MR) is 126 cm³/mol. The summed E-state index contributed by atoms with van der Waals surface area (Å²) in [4.78, 5) is 49.5. The van der Waals surface area contributed by atoms with Crippen molar-refractivity contribution >= 4 is 103 Å². The number of hydrogen-bond acceptors (Lipinski definition) is 4. The molecule has 2 N–H and O–H groups in total. The van der Waals surface area contributed by atoms with E-state index in [1.165, 1.54) is 23.8 Å². The van der Waals surface area contributed by atoms with Gasteiger partial charge >= 0.3 is 11.9 Å². The molecule has 0 spiro atoms. The van der Waals surface area contributed by atoms with E-state index in [2.05, 4.69) is 0 Å². The zero-order chi connectivity index (χ0) is 21.0. The zero-order valence-corrected chi connectivity index (χ0v) is 21.1. The SMILES string of the molecule is CC(=O)N(C)c1c(I)c(C(=O)O)c(I)c(N(C)C(=O)CCCC(=O)O)c1I. The Kier molecular flexibility index (Phi) is 9.17. The van der Waals surface area contributed by atoms with Crippen molar-refractivity contribution in [3.05, 3.63) is 16.3 Å². The number of halogens is 3. The van der Waals surface area contributed by atoms with E-state index in [0.717, 1.165) is 0 Å². The predicted octanol–water partition coefficient (Wildman–Crippen LogP) is 3.40. The minimum Gasteiger partial charge on any atom is -0.481 e. The first-order valence-corrected chi connectivity index (χ1v) is 10.8. The summed E-state index contributed by atoms with van der Waals surface area (Å²) in [5.74, 6) is -2.75. The molecule has 27 heavy (non-hydrogen) atoms. The van der Waals surface area contributed by atoms with Gasteiger partial charge < -0.3 is 20.0 Å². The van der Waals surface area contributed by atoms with Crippen molar-refractivity contribution in [2.24, 2.45) is 0 Å². The fraction of sp³-hybridized carbons (Fsp3) is 0.375. The molecule has 0 unspecified atom stereocenters. The maximum absolute atomic E-state index is 12.5. The van der Waals surface area contributed by atoms with Crippen LogP contribution in [0.1, 0.15) is 36.5 Å². The van der Waals surface area contributed by atoms with Crippen molar-refractivity contribution in [2.75, 3.05) is 23.9 Å². The number of benzene rings is 1. The number of carbonyl (C=O) groups is 4. The molecule has 0 aromatic heterocycles. The lowest BCUT2D eigenvalue weighted by molar-refractivity contribution is -0.137. The molecule has 0 aliphatic rings. The summed E-state index contributed by atoms with van der Waals surface area (Å²) in [6, 6.07) is 0. The molecule has 1 aromatic carbocycles. The van der Waals surface area contributed by atoms with Gasteiger partial charge in [-0.15, -0.1) is 0 Å². The number of hydrogen-bond donors (Lipinski definition) is 2. The van der Waals surface area contributed by atoms with Crippen LogP contribution in [0.5, 0.6) is 0 Å². The van der Waals surface area contributed by atoms with Crippen molar-refractivity contribution in [1.82, 2.24) is 0 Å². The lowest BCUT2D eigenvalue weighted by Gasteiger charge is -2.27. The van der Waals surface area contributed by atoms with Crippen molar-refractivity contribution in [2.45, 2.75) is 26.2 Å². The summed E-state index contributed by atoms with van der Waals surface area (Å²) < 4.78 is 1.35. The number of anilines is 2. The number of carbonyl (C=O) groups excluding carboxylic acids is 2. The normalized spacial score (nSPS) is 10.4. The van der Waals surface area contributed by atoms with E-state index in [0.29, 0.717) is 22.1 Å². The number of aromatic carboxylic acids is 1. The molecule has 0 aliphatic carbocycles. The van der Waals surface area contributed by atoms with Crippen LogP contribution in [0.4, 0.5) is 11.4 Å². The van der Waals surface area contributed by atoms with Crippen LogP contribution < -0.4 is 9.80 Å². The van der Waals surface area contributed by atoms with Crippen LogP contribution in [0.15, 0.2) is 0 Å². The Labute approximate surface area is 197 Å². The first kappa shape index (κ1) is 24.3. The number of rotatable bonds is 7. The van der Waals surface area contributed by atoms with Gasteiger partial charge in [-0.3, -0.25) is 14.4 Å². The standard InChI is InChI=1S/C16H17I3N2O6/c1-7(22)20(2)14-11(17)10(16(26)27)12(18)15(13(14)19)21(3)8(23)5-4-6-9(24)25/h4-6H2,1-3H3,(H,24,25)(H,26,27). The fourth-order valence-corrected chi connectivity index (χ4v) is 7.33. The number of nitrogens with zero attached hydrogens (tertiary/aromatic N) is 2. The summed E-state index contributed by atoms with van der Waals surface area (Å²) >= 11 is 5.76. The Balaban J connectivity index is 3.53. The van der Waals surface area contributed by atoms with E-state index >= 15 is 0 Å². The third-order valence-corrected chi connectivity index (χ3v) is 6.91. The highest BCUT2D eigenvalue weighted by Gasteiger charge is 2.30. The minimum absolute atomic E-state index is 0.0138. The van der Waals surface area contributed by atoms with Crippen molar-refractivity contribution in [3.63, 3.8) is 0 Å². The third kappa shape index (κ3) is 5.65. The van der Waals surface area contributed by atoms with Gasteiger partial charge in [0, 0.05) is 33.9 Å². The molecule has 0 radical (unpaired) electrons. The van der Waals surface area contributed by atoms with Gasteiger partial charge in [-0.25, -0.2) is 4.79 Å². The quantitative estimate of drug-likeness (QED) is 0.419. The largest absolute Gasteiger partial charge is 0.481 e. The van der Waals surface area contributed by atoms with E-state index < -0.39 is 11.9 Å². The van der Waals surface area contributed by atoms with Gasteiger partial charge in [-0.2, -0.15) is 0 Å². The van der Waals surface area contributed by atoms with Crippen LogP contribution in [0.3, 0.4) is 0 Å². The molecule has 1 aromatic rings. The second-order valence-electron chi connectivity index (χ2n) is 5.60. The van der Waals surface area contributed by atoms with Crippen LogP contribution in [0.2, 0.25) is 0 Å². The Morgan fingerprint density at radius 2 is 1.33 bits per heavy atom. The van der Waals surface area contributed by atoms with Gasteiger partial charge in [0.1, 0.15) is 0 Å². The van der Waals surface area contributed by atoms with E-state index in [9.17, 15) is 24.3 Å². The molecule has 2 amide bonds. The molecule has 0 saturated carbocycles. The Hall–Kier alpha value is -0.710. The highest BCUT2D eigenvalue weighted by molar-refractivity contribution is 14.1. The van der Waals surface area contributed by atoms with Crippen LogP contribution in [-0.4, -0.2) is 48.1 Å². The first-order chi connectivity index (χ1) is 12.4. The fourth-order valence-electron chi connectivity index (χ4n) is 2.26. The van der Waals surface area contributed by atoms with E-state index in [4.69, 9.17) is 5.11 Å². The van der Waals surface area contributed by atoms with Gasteiger partial charge in [0.25, 0.3) is 0 Å². The van der Waals surface area contributed by atoms with Gasteiger partial charge in [-0.05, 0) is 74.2 Å². The van der Waals surface area contributed by atoms with E-state index in [1.807, 2.05) is 67.8 Å². The maximum atomic E-state index is 12.5. The molecule has 0 heterocycles. The van der Waals surface area contributed by atoms with Gasteiger partial charge in [0.2, 0.25) is 11.8 Å². The summed E-state index contributed by atoms with van der Waals surface area (Å²) in [5.41, 5.74) is 0.819. The van der Waals surface area contributed by atoms with Crippen LogP contribution in [0, 0.1) is 10.7 Å². The summed E-state index contributed by atoms with van der Waals surface area (Å²) in [6.45, 7) is 1.37. The average Bonchev–Trinajstić information content (AvgIpc) is 2.53. The third-order valence-electron chi connectivity index (χ3n) is 3.78. The van der Waals surface area contributed by atoms with Crippen molar-refractivity contribution < 1.29 is 29.4 Å². The molecule has 8 nitrogen and oxygen atoms in total. The molecular weight excluding hydrogens is 697 g/mol. The molecule has 0 atom stereocenters. The van der Waals surface area contributed by atoms with E-state index in [1.54, 1.807) is 7.05 Å². The molecule has 0 saturated heterocycles. The monoisotopic (exact) mass is 714 g/mol. The maximum Gasteiger partial charge on any atom is 0.338 e. The molecule has 0 fully saturated rings. The molecule has 11 heteroatoms. The van der Waals surface area contributed by atoms with Crippen LogP contribution in [-0.2, 0) is 14.4 Å². The molecule has 148 valence electrons. The van der Waals surface area contributed by atoms with Gasteiger partial charge in [0.05, 0.1) is 27.6 Å². The molecular formula is C16H17I3N2O6. The topological polar surface area (TPSA) is 115 Å². The Morgan fingerprint density at radius 1 is 0.852 bits per heavy atom. The Bertz CT molecular complexity index is 812. The smallest absolute Gasteiger partial charge is 0.338 e. The number of amides is 2. The first-order valence-electron chi connectivity index (χ1n) is 7.58. The minimum atomic E-state index is -1.16. The molecule has 0 aliphatic heterocycles. The van der Waals surface area contributed by atoms with Crippen LogP contribution in [0.25, 0.3) is 0 Å². The second kappa shape index (κ2) is 10.2. The molecule has 1 rings (SSSR count). The zero-order valence-electron chi connectivity index (χ0n) is 14.7. The summed E-state index contributed by atoms with van der Waals surface area (Å²) in [6.07, 6.45) is 0.0718.